The average molecular weight is 242 g/mol. The molecule has 0 amide bonds. The number of benzene rings is 1. The number of ether oxygens (including phenoxy) is 1. The fourth-order valence-electron chi connectivity index (χ4n) is 2.13. The Kier molecular flexibility index (Phi) is 5.47. The molecular weight excluding hydrogens is 222 g/mol. The van der Waals surface area contributed by atoms with Gasteiger partial charge in [-0.15, -0.1) is 12.4 Å². The number of hydrogen-bond donors (Lipinski definition) is 0. The Morgan fingerprint density at radius 2 is 1.81 bits per heavy atom. The van der Waals surface area contributed by atoms with Crippen LogP contribution in [0.5, 0.6) is 5.75 Å². The van der Waals surface area contributed by atoms with E-state index in [1.165, 1.54) is 38.0 Å². The van der Waals surface area contributed by atoms with Gasteiger partial charge in [0, 0.05) is 13.1 Å². The van der Waals surface area contributed by atoms with Gasteiger partial charge in [-0.1, -0.05) is 12.1 Å². The van der Waals surface area contributed by atoms with Crippen LogP contribution in [0.25, 0.3) is 0 Å². The number of rotatable bonds is 3. The standard InChI is InChI=1S/C13H19NO.ClH/c1-2-15-13-9-5-4-8-12(13)14-10-6-3-7-11-14;/h4-5,8-9H,2-3,6-7,10-11H2,1H3;1H. The van der Waals surface area contributed by atoms with Crippen LogP contribution in [0.3, 0.4) is 0 Å². The fourth-order valence-corrected chi connectivity index (χ4v) is 2.13. The first-order valence-corrected chi connectivity index (χ1v) is 5.88. The van der Waals surface area contributed by atoms with Crippen molar-refractivity contribution in [1.82, 2.24) is 0 Å². The summed E-state index contributed by atoms with van der Waals surface area (Å²) in [6.45, 7) is 5.12. The number of hydrogen-bond acceptors (Lipinski definition) is 2. The molecule has 1 aromatic carbocycles. The van der Waals surface area contributed by atoms with Crippen LogP contribution in [-0.2, 0) is 0 Å². The second kappa shape index (κ2) is 6.64. The zero-order valence-electron chi connectivity index (χ0n) is 9.82. The van der Waals surface area contributed by atoms with Crippen LogP contribution in [0.2, 0.25) is 0 Å². The van der Waals surface area contributed by atoms with Gasteiger partial charge in [-0.2, -0.15) is 0 Å². The maximum atomic E-state index is 5.65. The summed E-state index contributed by atoms with van der Waals surface area (Å²) in [5, 5.41) is 0. The molecule has 1 heterocycles. The summed E-state index contributed by atoms with van der Waals surface area (Å²) in [7, 11) is 0. The molecule has 0 aliphatic carbocycles. The van der Waals surface area contributed by atoms with Gasteiger partial charge in [-0.3, -0.25) is 0 Å². The van der Waals surface area contributed by atoms with Crippen molar-refractivity contribution in [1.29, 1.82) is 0 Å². The molecule has 0 N–H and O–H groups in total. The highest BCUT2D eigenvalue weighted by molar-refractivity contribution is 5.85. The molecule has 0 spiro atoms. The second-order valence-corrected chi connectivity index (χ2v) is 3.95. The van der Waals surface area contributed by atoms with Crippen molar-refractivity contribution in [3.8, 4) is 5.75 Å². The molecule has 2 rings (SSSR count). The number of para-hydroxylation sites is 2. The van der Waals surface area contributed by atoms with Gasteiger partial charge in [0.1, 0.15) is 5.75 Å². The highest BCUT2D eigenvalue weighted by Crippen LogP contribution is 2.29. The van der Waals surface area contributed by atoms with Crippen LogP contribution < -0.4 is 9.64 Å². The maximum Gasteiger partial charge on any atom is 0.142 e. The van der Waals surface area contributed by atoms with E-state index in [9.17, 15) is 0 Å². The molecule has 2 nitrogen and oxygen atoms in total. The third kappa shape index (κ3) is 3.05. The van der Waals surface area contributed by atoms with Crippen LogP contribution in [0.15, 0.2) is 24.3 Å². The van der Waals surface area contributed by atoms with Gasteiger partial charge in [0.2, 0.25) is 0 Å². The first-order chi connectivity index (χ1) is 7.42. The predicted octanol–water partition coefficient (Wildman–Crippen LogP) is 3.50. The minimum absolute atomic E-state index is 0. The Bertz CT molecular complexity index is 311. The number of halogens is 1. The van der Waals surface area contributed by atoms with Crippen molar-refractivity contribution in [2.24, 2.45) is 0 Å². The Labute approximate surface area is 104 Å². The monoisotopic (exact) mass is 241 g/mol. The zero-order chi connectivity index (χ0) is 10.5. The van der Waals surface area contributed by atoms with Crippen molar-refractivity contribution in [2.45, 2.75) is 26.2 Å². The van der Waals surface area contributed by atoms with Crippen LogP contribution >= 0.6 is 12.4 Å². The highest BCUT2D eigenvalue weighted by atomic mass is 35.5. The number of piperidine rings is 1. The summed E-state index contributed by atoms with van der Waals surface area (Å²) in [6, 6.07) is 8.36. The largest absolute Gasteiger partial charge is 0.492 e. The lowest BCUT2D eigenvalue weighted by atomic mass is 10.1. The number of nitrogens with zero attached hydrogens (tertiary/aromatic N) is 1. The topological polar surface area (TPSA) is 12.5 Å². The normalized spacial score (nSPS) is 15.4. The Balaban J connectivity index is 0.00000128. The minimum atomic E-state index is 0. The molecule has 1 aliphatic rings. The summed E-state index contributed by atoms with van der Waals surface area (Å²) in [6.07, 6.45) is 3.98. The van der Waals surface area contributed by atoms with Gasteiger partial charge >= 0.3 is 0 Å². The SMILES string of the molecule is CCOc1ccccc1N1CCCCC1.Cl. The van der Waals surface area contributed by atoms with Gasteiger partial charge in [-0.05, 0) is 38.3 Å². The molecule has 0 radical (unpaired) electrons. The summed E-state index contributed by atoms with van der Waals surface area (Å²) in [5.41, 5.74) is 1.26. The van der Waals surface area contributed by atoms with E-state index in [1.54, 1.807) is 0 Å². The van der Waals surface area contributed by atoms with E-state index in [4.69, 9.17) is 4.74 Å². The third-order valence-electron chi connectivity index (χ3n) is 2.86. The predicted molar refractivity (Wildman–Crippen MR) is 70.9 cm³/mol. The van der Waals surface area contributed by atoms with Gasteiger partial charge in [-0.25, -0.2) is 0 Å². The van der Waals surface area contributed by atoms with E-state index in [0.29, 0.717) is 0 Å². The zero-order valence-corrected chi connectivity index (χ0v) is 10.6. The van der Waals surface area contributed by atoms with Crippen molar-refractivity contribution in [2.75, 3.05) is 24.6 Å². The molecular formula is C13H20ClNO. The van der Waals surface area contributed by atoms with Crippen LogP contribution in [0.4, 0.5) is 5.69 Å². The van der Waals surface area contributed by atoms with Crippen LogP contribution in [-0.4, -0.2) is 19.7 Å². The van der Waals surface area contributed by atoms with E-state index < -0.39 is 0 Å². The molecule has 16 heavy (non-hydrogen) atoms. The fraction of sp³-hybridized carbons (Fsp3) is 0.538. The molecule has 90 valence electrons. The molecule has 3 heteroatoms. The van der Waals surface area contributed by atoms with Gasteiger partial charge in [0.05, 0.1) is 12.3 Å². The van der Waals surface area contributed by atoms with E-state index >= 15 is 0 Å². The first-order valence-electron chi connectivity index (χ1n) is 5.88. The molecule has 1 saturated heterocycles. The van der Waals surface area contributed by atoms with Crippen molar-refractivity contribution in [3.63, 3.8) is 0 Å². The summed E-state index contributed by atoms with van der Waals surface area (Å²) >= 11 is 0. The maximum absolute atomic E-state index is 5.65. The van der Waals surface area contributed by atoms with Crippen molar-refractivity contribution in [3.05, 3.63) is 24.3 Å². The number of anilines is 1. The summed E-state index contributed by atoms with van der Waals surface area (Å²) in [5.74, 6) is 1.03. The van der Waals surface area contributed by atoms with E-state index in [-0.39, 0.29) is 12.4 Å². The molecule has 0 bridgehead atoms. The third-order valence-corrected chi connectivity index (χ3v) is 2.86. The molecule has 0 saturated carbocycles. The van der Waals surface area contributed by atoms with Crippen LogP contribution in [0, 0.1) is 0 Å². The van der Waals surface area contributed by atoms with E-state index in [0.717, 1.165) is 12.4 Å². The van der Waals surface area contributed by atoms with Gasteiger partial charge in [0.15, 0.2) is 0 Å². The molecule has 1 aromatic rings. The lowest BCUT2D eigenvalue weighted by Gasteiger charge is -2.30. The molecule has 1 aliphatic heterocycles. The quantitative estimate of drug-likeness (QED) is 0.803. The van der Waals surface area contributed by atoms with E-state index in [2.05, 4.69) is 23.1 Å². The smallest absolute Gasteiger partial charge is 0.142 e. The molecule has 0 aromatic heterocycles. The van der Waals surface area contributed by atoms with Gasteiger partial charge < -0.3 is 9.64 Å². The molecule has 0 unspecified atom stereocenters. The van der Waals surface area contributed by atoms with Crippen molar-refractivity contribution >= 4 is 18.1 Å². The second-order valence-electron chi connectivity index (χ2n) is 3.95. The Morgan fingerprint density at radius 3 is 2.50 bits per heavy atom. The van der Waals surface area contributed by atoms with Crippen molar-refractivity contribution < 1.29 is 4.74 Å². The molecule has 0 atom stereocenters. The Morgan fingerprint density at radius 1 is 1.12 bits per heavy atom. The average Bonchev–Trinajstić information content (AvgIpc) is 2.31. The van der Waals surface area contributed by atoms with Gasteiger partial charge in [0.25, 0.3) is 0 Å². The highest BCUT2D eigenvalue weighted by Gasteiger charge is 2.14. The molecule has 1 fully saturated rings. The summed E-state index contributed by atoms with van der Waals surface area (Å²) < 4.78 is 5.65. The van der Waals surface area contributed by atoms with E-state index in [1.807, 2.05) is 13.0 Å². The first kappa shape index (κ1) is 13.2. The Hall–Kier alpha value is -0.890. The van der Waals surface area contributed by atoms with Crippen LogP contribution in [0.1, 0.15) is 26.2 Å². The lowest BCUT2D eigenvalue weighted by molar-refractivity contribution is 0.339. The lowest BCUT2D eigenvalue weighted by Crippen LogP contribution is -2.29. The summed E-state index contributed by atoms with van der Waals surface area (Å²) in [4.78, 5) is 2.44. The minimum Gasteiger partial charge on any atom is -0.492 e.